The van der Waals surface area contributed by atoms with Gasteiger partial charge in [0.1, 0.15) is 0 Å². The molecular weight excluding hydrogens is 689 g/mol. The first kappa shape index (κ1) is 33.0. The van der Waals surface area contributed by atoms with Crippen molar-refractivity contribution in [3.63, 3.8) is 0 Å². The molecule has 57 heavy (non-hydrogen) atoms. The first-order valence-corrected chi connectivity index (χ1v) is 19.7. The minimum atomic E-state index is 1.11. The Balaban J connectivity index is 0.930. The van der Waals surface area contributed by atoms with Crippen molar-refractivity contribution in [3.05, 3.63) is 212 Å². The second kappa shape index (κ2) is 13.4. The predicted molar refractivity (Wildman–Crippen MR) is 245 cm³/mol. The molecule has 268 valence electrons. The van der Waals surface area contributed by atoms with Gasteiger partial charge in [-0.1, -0.05) is 164 Å². The molecule has 0 bridgehead atoms. The molecule has 0 spiro atoms. The predicted octanol–water partition coefficient (Wildman–Crippen LogP) is 15.5. The number of nitrogens with zero attached hydrogens (tertiary/aromatic N) is 2. The lowest BCUT2D eigenvalue weighted by molar-refractivity contribution is 1.22. The van der Waals surface area contributed by atoms with Crippen molar-refractivity contribution in [2.24, 2.45) is 0 Å². The van der Waals surface area contributed by atoms with Crippen LogP contribution in [0.15, 0.2) is 212 Å². The third kappa shape index (κ3) is 5.49. The fraction of sp³-hybridized carbons (Fsp3) is 0.0182. The van der Waals surface area contributed by atoms with Gasteiger partial charge in [-0.2, -0.15) is 0 Å². The summed E-state index contributed by atoms with van der Waals surface area (Å²) in [5.41, 5.74) is 10.5. The zero-order chi connectivity index (χ0) is 37.9. The van der Waals surface area contributed by atoms with Crippen molar-refractivity contribution in [1.29, 1.82) is 0 Å². The van der Waals surface area contributed by atoms with Gasteiger partial charge >= 0.3 is 0 Å². The van der Waals surface area contributed by atoms with Crippen LogP contribution in [0.25, 0.3) is 76.1 Å². The summed E-state index contributed by atoms with van der Waals surface area (Å²) in [7, 11) is 2.18. The second-order valence-electron chi connectivity index (χ2n) is 15.0. The maximum absolute atomic E-state index is 2.37. The summed E-state index contributed by atoms with van der Waals surface area (Å²) in [5.74, 6) is 0. The minimum absolute atomic E-state index is 1.11. The SMILES string of the molecule is CN(c1ccc(-c2ccc(N(c3ccc(-c4ccccc4)cc3)c3cccc4ccccc34)cc2)cc1)c1ccc2c3cccc4cccc(c5cccc1c52)c43. The quantitative estimate of drug-likeness (QED) is 0.119. The molecule has 11 rings (SSSR count). The standard InChI is InChI=1S/C55H38N2/c1-56(52-36-35-50-48-19-8-16-42-15-7-18-47(54(42)48)49-20-10-21-51(52)55(49)50)43-29-23-39(24-30-43)40-27-33-45(34-28-40)57(53-22-9-14-41-13-5-6-17-46(41)53)44-31-25-38(26-32-44)37-11-3-2-4-12-37/h2-36H,1H3. The smallest absolute Gasteiger partial charge is 0.0540 e. The first-order chi connectivity index (χ1) is 28.2. The number of benzene rings is 11. The van der Waals surface area contributed by atoms with E-state index in [0.29, 0.717) is 0 Å². The van der Waals surface area contributed by atoms with E-state index in [1.165, 1.54) is 81.8 Å². The Labute approximate surface area is 332 Å². The van der Waals surface area contributed by atoms with Crippen LogP contribution < -0.4 is 9.80 Å². The Morgan fingerprint density at radius 2 is 0.702 bits per heavy atom. The fourth-order valence-electron chi connectivity index (χ4n) is 9.01. The topological polar surface area (TPSA) is 6.48 Å². The minimum Gasteiger partial charge on any atom is -0.344 e. The molecule has 0 radical (unpaired) electrons. The molecule has 0 atom stereocenters. The highest BCUT2D eigenvalue weighted by Crippen LogP contribution is 2.44. The monoisotopic (exact) mass is 726 g/mol. The summed E-state index contributed by atoms with van der Waals surface area (Å²) >= 11 is 0. The summed E-state index contributed by atoms with van der Waals surface area (Å²) in [6.07, 6.45) is 0. The van der Waals surface area contributed by atoms with Crippen LogP contribution in [0.4, 0.5) is 28.4 Å². The van der Waals surface area contributed by atoms with Gasteiger partial charge in [0.15, 0.2) is 0 Å². The van der Waals surface area contributed by atoms with Crippen LogP contribution in [0.2, 0.25) is 0 Å². The van der Waals surface area contributed by atoms with Crippen LogP contribution in [0.1, 0.15) is 0 Å². The Morgan fingerprint density at radius 3 is 1.35 bits per heavy atom. The molecule has 11 aromatic rings. The highest BCUT2D eigenvalue weighted by molar-refractivity contribution is 6.34. The van der Waals surface area contributed by atoms with E-state index in [4.69, 9.17) is 0 Å². The molecule has 0 saturated heterocycles. The molecule has 0 aliphatic heterocycles. The van der Waals surface area contributed by atoms with E-state index >= 15 is 0 Å². The van der Waals surface area contributed by atoms with Crippen molar-refractivity contribution in [2.45, 2.75) is 0 Å². The number of rotatable bonds is 7. The zero-order valence-corrected chi connectivity index (χ0v) is 31.6. The Morgan fingerprint density at radius 1 is 0.263 bits per heavy atom. The van der Waals surface area contributed by atoms with Crippen LogP contribution in [0, 0.1) is 0 Å². The summed E-state index contributed by atoms with van der Waals surface area (Å²) < 4.78 is 0. The number of fused-ring (bicyclic) bond motifs is 3. The lowest BCUT2D eigenvalue weighted by atomic mass is 9.89. The largest absolute Gasteiger partial charge is 0.344 e. The van der Waals surface area contributed by atoms with Gasteiger partial charge in [-0.25, -0.2) is 0 Å². The first-order valence-electron chi connectivity index (χ1n) is 19.7. The van der Waals surface area contributed by atoms with Crippen molar-refractivity contribution in [2.75, 3.05) is 16.8 Å². The maximum Gasteiger partial charge on any atom is 0.0540 e. The van der Waals surface area contributed by atoms with E-state index in [-0.39, 0.29) is 0 Å². The third-order valence-corrected chi connectivity index (χ3v) is 11.8. The summed E-state index contributed by atoms with van der Waals surface area (Å²) in [5, 5.41) is 12.9. The molecule has 0 unspecified atom stereocenters. The molecule has 0 N–H and O–H groups in total. The summed E-state index contributed by atoms with van der Waals surface area (Å²) in [4.78, 5) is 4.69. The molecule has 0 aliphatic carbocycles. The van der Waals surface area contributed by atoms with Gasteiger partial charge in [-0.15, -0.1) is 0 Å². The molecule has 2 nitrogen and oxygen atoms in total. The highest BCUT2D eigenvalue weighted by Gasteiger charge is 2.18. The molecule has 0 fully saturated rings. The molecule has 0 aromatic heterocycles. The fourth-order valence-corrected chi connectivity index (χ4v) is 9.01. The van der Waals surface area contributed by atoms with Crippen molar-refractivity contribution in [1.82, 2.24) is 0 Å². The Hall–Kier alpha value is -7.42. The van der Waals surface area contributed by atoms with Crippen LogP contribution in [0.5, 0.6) is 0 Å². The lowest BCUT2D eigenvalue weighted by Gasteiger charge is -2.27. The van der Waals surface area contributed by atoms with E-state index < -0.39 is 0 Å². The second-order valence-corrected chi connectivity index (χ2v) is 15.0. The van der Waals surface area contributed by atoms with Crippen LogP contribution in [-0.2, 0) is 0 Å². The van der Waals surface area contributed by atoms with Crippen molar-refractivity contribution >= 4 is 82.3 Å². The third-order valence-electron chi connectivity index (χ3n) is 11.8. The number of hydrogen-bond donors (Lipinski definition) is 0. The molecule has 0 amide bonds. The van der Waals surface area contributed by atoms with Gasteiger partial charge in [0, 0.05) is 40.6 Å². The summed E-state index contributed by atoms with van der Waals surface area (Å²) in [6, 6.07) is 77.4. The average molecular weight is 727 g/mol. The van der Waals surface area contributed by atoms with Gasteiger partial charge in [0.25, 0.3) is 0 Å². The zero-order valence-electron chi connectivity index (χ0n) is 31.6. The summed E-state index contributed by atoms with van der Waals surface area (Å²) in [6.45, 7) is 0. The van der Waals surface area contributed by atoms with E-state index in [1.807, 2.05) is 0 Å². The van der Waals surface area contributed by atoms with Crippen LogP contribution >= 0.6 is 0 Å². The van der Waals surface area contributed by atoms with E-state index in [0.717, 1.165) is 22.7 Å². The van der Waals surface area contributed by atoms with E-state index in [2.05, 4.69) is 229 Å². The lowest BCUT2D eigenvalue weighted by Crippen LogP contribution is -2.10. The van der Waals surface area contributed by atoms with E-state index in [9.17, 15) is 0 Å². The van der Waals surface area contributed by atoms with E-state index in [1.54, 1.807) is 0 Å². The number of anilines is 5. The molecule has 0 aliphatic rings. The Kier molecular flexibility index (Phi) is 7.75. The van der Waals surface area contributed by atoms with Crippen molar-refractivity contribution in [3.8, 4) is 22.3 Å². The molecule has 0 heterocycles. The Bertz CT molecular complexity index is 3170. The number of hydrogen-bond acceptors (Lipinski definition) is 2. The van der Waals surface area contributed by atoms with Crippen LogP contribution in [-0.4, -0.2) is 7.05 Å². The molecule has 0 saturated carbocycles. The van der Waals surface area contributed by atoms with Gasteiger partial charge in [0.2, 0.25) is 0 Å². The van der Waals surface area contributed by atoms with Gasteiger partial charge in [-0.3, -0.25) is 0 Å². The molecular formula is C55H38N2. The normalized spacial score (nSPS) is 11.6. The van der Waals surface area contributed by atoms with Crippen molar-refractivity contribution < 1.29 is 0 Å². The molecule has 2 heteroatoms. The average Bonchev–Trinajstić information content (AvgIpc) is 3.29. The molecule has 11 aromatic carbocycles. The maximum atomic E-state index is 2.37. The van der Waals surface area contributed by atoms with Gasteiger partial charge in [-0.05, 0) is 114 Å². The highest BCUT2D eigenvalue weighted by atomic mass is 15.1. The van der Waals surface area contributed by atoms with Gasteiger partial charge < -0.3 is 9.80 Å². The van der Waals surface area contributed by atoms with Gasteiger partial charge in [0.05, 0.1) is 5.69 Å². The van der Waals surface area contributed by atoms with Crippen LogP contribution in [0.3, 0.4) is 0 Å².